The average Bonchev–Trinajstić information content (AvgIpc) is 2.04. The zero-order valence-corrected chi connectivity index (χ0v) is 11.9. The van der Waals surface area contributed by atoms with Crippen molar-refractivity contribution in [2.75, 3.05) is 6.61 Å². The van der Waals surface area contributed by atoms with Crippen molar-refractivity contribution < 1.29 is 8.85 Å². The molecule has 1 atom stereocenters. The number of para-hydroxylation sites is 1. The van der Waals surface area contributed by atoms with Gasteiger partial charge in [0, 0.05) is 6.61 Å². The molecule has 1 aromatic rings. The molecule has 0 heterocycles. The summed E-state index contributed by atoms with van der Waals surface area (Å²) in [5.41, 5.74) is 0. The largest absolute Gasteiger partial charge is 0.544 e. The smallest absolute Gasteiger partial charge is 0.506 e. The Morgan fingerprint density at radius 3 is 2.54 bits per heavy atom. The molecule has 0 radical (unpaired) electrons. The van der Waals surface area contributed by atoms with Crippen molar-refractivity contribution in [3.05, 3.63) is 30.3 Å². The Hall–Kier alpha value is 0.407. The maximum atomic E-state index is 5.66. The van der Waals surface area contributed by atoms with E-state index in [1.165, 1.54) is 0 Å². The molecule has 0 aliphatic heterocycles. The number of hydrogen-bond acceptors (Lipinski definition) is 2. The van der Waals surface area contributed by atoms with Gasteiger partial charge in [0.05, 0.1) is 0 Å². The molecule has 0 saturated carbocycles. The van der Waals surface area contributed by atoms with Crippen molar-refractivity contribution in [3.63, 3.8) is 0 Å². The Bertz CT molecular complexity index is 256. The van der Waals surface area contributed by atoms with E-state index in [1.807, 2.05) is 37.3 Å². The van der Waals surface area contributed by atoms with Gasteiger partial charge in [0.15, 0.2) is 0 Å². The summed E-state index contributed by atoms with van der Waals surface area (Å²) in [6.45, 7) is 2.61. The lowest BCUT2D eigenvalue weighted by atomic mass is 10.3. The highest BCUT2D eigenvalue weighted by Crippen LogP contribution is 2.26. The summed E-state index contributed by atoms with van der Waals surface area (Å²) in [6, 6.07) is 9.67. The van der Waals surface area contributed by atoms with Crippen LogP contribution in [-0.4, -0.2) is 11.3 Å². The third-order valence-corrected chi connectivity index (χ3v) is 5.16. The Morgan fingerprint density at radius 1 is 1.38 bits per heavy atom. The fourth-order valence-electron chi connectivity index (χ4n) is 0.823. The van der Waals surface area contributed by atoms with Crippen LogP contribution in [0.3, 0.4) is 0 Å². The third-order valence-electron chi connectivity index (χ3n) is 1.29. The lowest BCUT2D eigenvalue weighted by molar-refractivity contribution is 0.299. The molecule has 72 valence electrons. The molecule has 0 aromatic heterocycles. The van der Waals surface area contributed by atoms with Crippen LogP contribution in [0.2, 0.25) is 0 Å². The molecule has 0 saturated heterocycles. The normalized spacial score (nSPS) is 15.0. The molecule has 2 nitrogen and oxygen atoms in total. The van der Waals surface area contributed by atoms with Crippen molar-refractivity contribution in [1.82, 2.24) is 0 Å². The molecule has 13 heavy (non-hydrogen) atoms. The molecule has 1 unspecified atom stereocenters. The second-order valence-corrected chi connectivity index (χ2v) is 15.6. The average molecular weight is 373 g/mol. The minimum absolute atomic E-state index is 0.660. The molecule has 5 heteroatoms. The summed E-state index contributed by atoms with van der Waals surface area (Å²) in [6.07, 6.45) is 0. The van der Waals surface area contributed by atoms with Gasteiger partial charge in [0.25, 0.3) is 0 Å². The van der Waals surface area contributed by atoms with E-state index in [0.717, 1.165) is 5.75 Å². The summed E-state index contributed by atoms with van der Waals surface area (Å²) >= 11 is 5.65. The molecule has 1 rings (SSSR count). The summed E-state index contributed by atoms with van der Waals surface area (Å²) in [5.74, 6) is 0.842. The van der Waals surface area contributed by atoms with Gasteiger partial charge in [-0.15, -0.1) is 0 Å². The van der Waals surface area contributed by atoms with E-state index < -0.39 is 4.68 Å². The zero-order valence-electron chi connectivity index (χ0n) is 7.17. The van der Waals surface area contributed by atoms with Crippen molar-refractivity contribution in [2.24, 2.45) is 0 Å². The van der Waals surface area contributed by atoms with Gasteiger partial charge in [-0.1, -0.05) is 18.2 Å². The first-order chi connectivity index (χ1) is 6.14. The maximum absolute atomic E-state index is 5.66. The highest BCUT2D eigenvalue weighted by molar-refractivity contribution is 14.1. The van der Waals surface area contributed by atoms with Gasteiger partial charge in [0.2, 0.25) is 0 Å². The predicted molar refractivity (Wildman–Crippen MR) is 67.4 cm³/mol. The maximum Gasteiger partial charge on any atom is 0.544 e. The molecule has 1 aromatic carbocycles. The van der Waals surface area contributed by atoms with E-state index >= 15 is 0 Å². The Morgan fingerprint density at radius 2 is 2.00 bits per heavy atom. The highest BCUT2D eigenvalue weighted by Gasteiger charge is 2.32. The summed E-state index contributed by atoms with van der Waals surface area (Å²) in [4.78, 5) is 0. The van der Waals surface area contributed by atoms with Crippen LogP contribution in [0.25, 0.3) is 0 Å². The first-order valence-electron chi connectivity index (χ1n) is 3.90. The van der Waals surface area contributed by atoms with Crippen molar-refractivity contribution in [1.29, 1.82) is 0 Å². The van der Waals surface area contributed by atoms with Gasteiger partial charge in [-0.05, 0) is 56.1 Å². The van der Waals surface area contributed by atoms with Crippen LogP contribution < -0.4 is 4.43 Å². The fraction of sp³-hybridized carbons (Fsp3) is 0.250. The third kappa shape index (κ3) is 4.43. The molecule has 0 N–H and O–H groups in total. The number of halogens is 2. The lowest BCUT2D eigenvalue weighted by Gasteiger charge is -2.18. The second kappa shape index (κ2) is 5.33. The summed E-state index contributed by atoms with van der Waals surface area (Å²) in [5, 5.41) is 0. The lowest BCUT2D eigenvalue weighted by Crippen LogP contribution is -2.31. The fourth-order valence-corrected chi connectivity index (χ4v) is 4.57. The van der Waals surface area contributed by atoms with Crippen LogP contribution >= 0.6 is 37.1 Å². The van der Waals surface area contributed by atoms with Crippen LogP contribution in [0.15, 0.2) is 30.3 Å². The van der Waals surface area contributed by atoms with Crippen LogP contribution in [0.1, 0.15) is 6.92 Å². The molecular formula is C8H10BrIO2Si. The zero-order chi connectivity index (χ0) is 9.73. The molecule has 0 aliphatic rings. The van der Waals surface area contributed by atoms with Crippen molar-refractivity contribution in [2.45, 2.75) is 6.92 Å². The van der Waals surface area contributed by atoms with Crippen LogP contribution in [0.4, 0.5) is 0 Å². The topological polar surface area (TPSA) is 18.5 Å². The van der Waals surface area contributed by atoms with Crippen LogP contribution in [0.5, 0.6) is 5.75 Å². The van der Waals surface area contributed by atoms with Gasteiger partial charge in [0.1, 0.15) is 5.75 Å². The van der Waals surface area contributed by atoms with Gasteiger partial charge in [-0.2, -0.15) is 0 Å². The van der Waals surface area contributed by atoms with Crippen LogP contribution in [-0.2, 0) is 4.43 Å². The van der Waals surface area contributed by atoms with E-state index in [4.69, 9.17) is 8.85 Å². The van der Waals surface area contributed by atoms with Gasteiger partial charge in [-0.3, -0.25) is 0 Å². The quantitative estimate of drug-likeness (QED) is 0.458. The van der Waals surface area contributed by atoms with E-state index in [0.29, 0.717) is 6.61 Å². The Balaban J connectivity index is 2.58. The van der Waals surface area contributed by atoms with E-state index in [1.54, 1.807) is 0 Å². The van der Waals surface area contributed by atoms with Crippen molar-refractivity contribution in [3.8, 4) is 5.75 Å². The minimum atomic E-state index is -2.16. The number of benzene rings is 1. The first kappa shape index (κ1) is 11.5. The SMILES string of the molecule is CCO[Si](Br)(I)Oc1ccccc1. The molecule has 0 spiro atoms. The van der Waals surface area contributed by atoms with E-state index in [2.05, 4.69) is 37.1 Å². The summed E-state index contributed by atoms with van der Waals surface area (Å²) < 4.78 is 8.95. The van der Waals surface area contributed by atoms with Crippen molar-refractivity contribution >= 4 is 41.8 Å². The second-order valence-electron chi connectivity index (χ2n) is 2.31. The molecular weight excluding hydrogens is 363 g/mol. The monoisotopic (exact) mass is 372 g/mol. The van der Waals surface area contributed by atoms with Gasteiger partial charge in [-0.25, -0.2) is 0 Å². The molecule has 0 aliphatic carbocycles. The summed E-state index contributed by atoms with van der Waals surface area (Å²) in [7, 11) is 0. The number of rotatable bonds is 4. The van der Waals surface area contributed by atoms with E-state index in [-0.39, 0.29) is 0 Å². The highest BCUT2D eigenvalue weighted by atomic mass is 127. The van der Waals surface area contributed by atoms with E-state index in [9.17, 15) is 0 Å². The molecule has 0 fully saturated rings. The molecule has 0 bridgehead atoms. The van der Waals surface area contributed by atoms with Gasteiger partial charge >= 0.3 is 4.68 Å². The Labute approximate surface area is 99.7 Å². The number of hydrogen-bond donors (Lipinski definition) is 0. The van der Waals surface area contributed by atoms with Crippen LogP contribution in [0, 0.1) is 0 Å². The Kier molecular flexibility index (Phi) is 4.71. The standard InChI is InChI=1S/C8H10BrIO2Si/c1-2-11-13(9,10)12-8-6-4-3-5-7-8/h3-7H,2H2,1H3. The predicted octanol–water partition coefficient (Wildman–Crippen LogP) is 3.37. The first-order valence-corrected chi connectivity index (χ1v) is 11.1. The molecule has 0 amide bonds. The van der Waals surface area contributed by atoms with Gasteiger partial charge < -0.3 is 8.85 Å². The minimum Gasteiger partial charge on any atom is -0.506 e.